The molecular formula is C32H40N4O7. The summed E-state index contributed by atoms with van der Waals surface area (Å²) >= 11 is 0. The third kappa shape index (κ3) is 6.60. The first-order valence-corrected chi connectivity index (χ1v) is 14.9. The molecule has 1 aromatic carbocycles. The maximum Gasteiger partial charge on any atom is 0.332 e. The van der Waals surface area contributed by atoms with Crippen LogP contribution in [-0.4, -0.2) is 78.7 Å². The van der Waals surface area contributed by atoms with Gasteiger partial charge in [0.1, 0.15) is 17.4 Å². The predicted molar refractivity (Wildman–Crippen MR) is 157 cm³/mol. The van der Waals surface area contributed by atoms with E-state index in [1.54, 1.807) is 32.0 Å². The summed E-state index contributed by atoms with van der Waals surface area (Å²) in [5.74, 6) is -1.28. The molecule has 1 aliphatic heterocycles. The van der Waals surface area contributed by atoms with Gasteiger partial charge in [0.15, 0.2) is 0 Å². The third-order valence-corrected chi connectivity index (χ3v) is 8.57. The number of nitrogens with zero attached hydrogens (tertiary/aromatic N) is 3. The Morgan fingerprint density at radius 3 is 2.56 bits per heavy atom. The lowest BCUT2D eigenvalue weighted by molar-refractivity contribution is -0.150. The monoisotopic (exact) mass is 592 g/mol. The molecule has 43 heavy (non-hydrogen) atoms. The standard InChI is InChI=1S/C32H40N4O7/c1-5-42-30(39)32-19-21(32)10-8-6-7-9-15-36(2)29(38)25-17-23(16-24(25)28(37)35-32)43-27-18-26(33-31(34-27)41-4)20-11-13-22(40-3)14-12-20/h8,10-14,18,21,23-25H,5-7,9,15-17,19H2,1-4H3,(H,35,37)/b10-8-/t21-,23+,24+,25+,32+/m0/s1. The van der Waals surface area contributed by atoms with Crippen LogP contribution in [0.4, 0.5) is 0 Å². The summed E-state index contributed by atoms with van der Waals surface area (Å²) in [6.07, 6.45) is 7.32. The summed E-state index contributed by atoms with van der Waals surface area (Å²) in [5.41, 5.74) is 0.317. The van der Waals surface area contributed by atoms with Gasteiger partial charge >= 0.3 is 12.0 Å². The Morgan fingerprint density at radius 2 is 1.84 bits per heavy atom. The molecule has 1 N–H and O–H groups in total. The number of hydrogen-bond acceptors (Lipinski definition) is 9. The fourth-order valence-electron chi connectivity index (χ4n) is 6.07. The maximum absolute atomic E-state index is 13.8. The van der Waals surface area contributed by atoms with Crippen LogP contribution in [0.15, 0.2) is 42.5 Å². The lowest BCUT2D eigenvalue weighted by Crippen LogP contribution is -2.50. The maximum atomic E-state index is 13.8. The molecule has 1 aromatic heterocycles. The van der Waals surface area contributed by atoms with E-state index in [-0.39, 0.29) is 36.2 Å². The van der Waals surface area contributed by atoms with Crippen LogP contribution in [0.1, 0.15) is 45.4 Å². The molecular weight excluding hydrogens is 552 g/mol. The molecule has 2 aromatic rings. The second kappa shape index (κ2) is 13.0. The van der Waals surface area contributed by atoms with Crippen LogP contribution in [0, 0.1) is 17.8 Å². The molecule has 11 nitrogen and oxygen atoms in total. The van der Waals surface area contributed by atoms with Gasteiger partial charge in [0, 0.05) is 31.1 Å². The lowest BCUT2D eigenvalue weighted by atomic mass is 9.93. The van der Waals surface area contributed by atoms with Crippen molar-refractivity contribution in [2.24, 2.45) is 17.8 Å². The number of aromatic nitrogens is 2. The zero-order chi connectivity index (χ0) is 30.6. The molecule has 2 amide bonds. The third-order valence-electron chi connectivity index (χ3n) is 8.57. The molecule has 2 heterocycles. The molecule has 0 spiro atoms. The van der Waals surface area contributed by atoms with Crippen molar-refractivity contribution in [1.29, 1.82) is 0 Å². The second-order valence-electron chi connectivity index (χ2n) is 11.4. The van der Waals surface area contributed by atoms with Gasteiger partial charge in [0.05, 0.1) is 38.4 Å². The molecule has 0 saturated heterocycles. The Balaban J connectivity index is 1.40. The molecule has 2 fully saturated rings. The van der Waals surface area contributed by atoms with Gasteiger partial charge in [-0.2, -0.15) is 9.97 Å². The fraction of sp³-hybridized carbons (Fsp3) is 0.531. The van der Waals surface area contributed by atoms with Gasteiger partial charge in [-0.25, -0.2) is 4.79 Å². The predicted octanol–water partition coefficient (Wildman–Crippen LogP) is 3.57. The molecule has 0 radical (unpaired) electrons. The number of rotatable bonds is 7. The highest BCUT2D eigenvalue weighted by molar-refractivity contribution is 5.95. The number of allylic oxidation sites excluding steroid dienone is 1. The molecule has 11 heteroatoms. The first-order valence-electron chi connectivity index (χ1n) is 14.9. The van der Waals surface area contributed by atoms with E-state index in [0.29, 0.717) is 31.5 Å². The minimum Gasteiger partial charge on any atom is -0.497 e. The first kappa shape index (κ1) is 30.3. The fourth-order valence-corrected chi connectivity index (χ4v) is 6.07. The van der Waals surface area contributed by atoms with Crippen molar-refractivity contribution in [3.05, 3.63) is 42.5 Å². The summed E-state index contributed by atoms with van der Waals surface area (Å²) < 4.78 is 22.3. The van der Waals surface area contributed by atoms with Crippen LogP contribution in [0.5, 0.6) is 17.6 Å². The summed E-state index contributed by atoms with van der Waals surface area (Å²) in [5, 5.41) is 3.01. The van der Waals surface area contributed by atoms with Crippen molar-refractivity contribution in [2.45, 2.75) is 57.1 Å². The number of ether oxygens (including phenoxy) is 4. The number of nitrogens with one attached hydrogen (secondary N) is 1. The number of methoxy groups -OCH3 is 2. The Bertz CT molecular complexity index is 1360. The minimum absolute atomic E-state index is 0.101. The van der Waals surface area contributed by atoms with Gasteiger partial charge in [0.2, 0.25) is 17.7 Å². The van der Waals surface area contributed by atoms with Crippen LogP contribution in [0.2, 0.25) is 0 Å². The number of esters is 1. The van der Waals surface area contributed by atoms with Crippen molar-refractivity contribution >= 4 is 17.8 Å². The van der Waals surface area contributed by atoms with Gasteiger partial charge in [0.25, 0.3) is 0 Å². The molecule has 0 unspecified atom stereocenters. The zero-order valence-corrected chi connectivity index (χ0v) is 25.2. The van der Waals surface area contributed by atoms with Crippen molar-refractivity contribution in [2.75, 3.05) is 34.4 Å². The first-order chi connectivity index (χ1) is 20.8. The zero-order valence-electron chi connectivity index (χ0n) is 25.2. The quantitative estimate of drug-likeness (QED) is 0.379. The number of carbonyl (C=O) groups is 3. The van der Waals surface area contributed by atoms with E-state index in [1.807, 2.05) is 30.3 Å². The van der Waals surface area contributed by atoms with E-state index in [4.69, 9.17) is 18.9 Å². The Labute approximate surface area is 251 Å². The van der Waals surface area contributed by atoms with E-state index in [1.165, 1.54) is 7.11 Å². The van der Waals surface area contributed by atoms with Crippen molar-refractivity contribution in [1.82, 2.24) is 20.2 Å². The summed E-state index contributed by atoms with van der Waals surface area (Å²) in [4.78, 5) is 51.1. The summed E-state index contributed by atoms with van der Waals surface area (Å²) in [6.45, 7) is 2.57. The average Bonchev–Trinajstić information content (AvgIpc) is 3.55. The van der Waals surface area contributed by atoms with Gasteiger partial charge in [-0.3, -0.25) is 9.59 Å². The Hall–Kier alpha value is -4.15. The van der Waals surface area contributed by atoms with E-state index in [9.17, 15) is 14.4 Å². The van der Waals surface area contributed by atoms with Crippen LogP contribution in [0.3, 0.4) is 0 Å². The molecule has 5 atom stereocenters. The molecule has 2 aliphatic carbocycles. The topological polar surface area (TPSA) is 129 Å². The van der Waals surface area contributed by atoms with E-state index in [0.717, 1.165) is 30.6 Å². The van der Waals surface area contributed by atoms with E-state index < -0.39 is 29.4 Å². The van der Waals surface area contributed by atoms with Crippen LogP contribution in [0.25, 0.3) is 11.3 Å². The van der Waals surface area contributed by atoms with Crippen molar-refractivity contribution in [3.8, 4) is 28.9 Å². The normalized spacial score (nSPS) is 28.0. The van der Waals surface area contributed by atoms with Crippen LogP contribution < -0.4 is 19.5 Å². The summed E-state index contributed by atoms with van der Waals surface area (Å²) in [6, 6.07) is 9.28. The van der Waals surface area contributed by atoms with Gasteiger partial charge in [-0.05, 0) is 69.7 Å². The number of benzene rings is 1. The van der Waals surface area contributed by atoms with Crippen LogP contribution in [-0.2, 0) is 19.1 Å². The molecule has 230 valence electrons. The Morgan fingerprint density at radius 1 is 1.07 bits per heavy atom. The highest BCUT2D eigenvalue weighted by atomic mass is 16.5. The number of hydrogen-bond donors (Lipinski definition) is 1. The number of amides is 2. The van der Waals surface area contributed by atoms with E-state index >= 15 is 0 Å². The van der Waals surface area contributed by atoms with E-state index in [2.05, 4.69) is 21.4 Å². The minimum atomic E-state index is -1.10. The molecule has 5 rings (SSSR count). The van der Waals surface area contributed by atoms with Crippen molar-refractivity contribution in [3.63, 3.8) is 0 Å². The second-order valence-corrected chi connectivity index (χ2v) is 11.4. The molecule has 2 saturated carbocycles. The molecule has 3 aliphatic rings. The average molecular weight is 593 g/mol. The number of carbonyl (C=O) groups excluding carboxylic acids is 3. The SMILES string of the molecule is CCOC(=O)[C@@]12C[C@@H]1/C=C\CCCCN(C)C(=O)[C@@H]1C[C@H](Oc3cc(-c4ccc(OC)cc4)nc(OC)n3)C[C@H]1C(=O)N2. The highest BCUT2D eigenvalue weighted by Gasteiger charge is 2.62. The van der Waals surface area contributed by atoms with Crippen molar-refractivity contribution < 1.29 is 33.3 Å². The van der Waals surface area contributed by atoms with Gasteiger partial charge in [-0.15, -0.1) is 0 Å². The lowest BCUT2D eigenvalue weighted by Gasteiger charge is -2.26. The smallest absolute Gasteiger partial charge is 0.332 e. The molecule has 0 bridgehead atoms. The summed E-state index contributed by atoms with van der Waals surface area (Å²) in [7, 11) is 4.86. The van der Waals surface area contributed by atoms with Gasteiger partial charge < -0.3 is 29.2 Å². The van der Waals surface area contributed by atoms with Gasteiger partial charge in [-0.1, -0.05) is 12.2 Å². The Kier molecular flexibility index (Phi) is 9.17. The van der Waals surface area contributed by atoms with Crippen LogP contribution >= 0.6 is 0 Å². The number of fused-ring (bicyclic) bond motifs is 2. The largest absolute Gasteiger partial charge is 0.497 e. The highest BCUT2D eigenvalue weighted by Crippen LogP contribution is 2.47.